The molecule has 1 saturated heterocycles. The molecule has 2 rings (SSSR count). The van der Waals surface area contributed by atoms with Gasteiger partial charge in [-0.25, -0.2) is 0 Å². The predicted molar refractivity (Wildman–Crippen MR) is 87.1 cm³/mol. The summed E-state index contributed by atoms with van der Waals surface area (Å²) in [4.78, 5) is 24.2. The molecule has 0 N–H and O–H groups in total. The van der Waals surface area contributed by atoms with Gasteiger partial charge in [-0.3, -0.25) is 9.69 Å². The van der Waals surface area contributed by atoms with Crippen molar-refractivity contribution in [3.05, 3.63) is 34.7 Å². The van der Waals surface area contributed by atoms with Gasteiger partial charge in [0.2, 0.25) is 0 Å². The molecule has 0 aromatic heterocycles. The summed E-state index contributed by atoms with van der Waals surface area (Å²) < 4.78 is 5.76. The number of carboxylic acids is 1. The molecule has 1 fully saturated rings. The largest absolute Gasteiger partial charge is 0.548 e. The number of ether oxygens (including phenoxy) is 1. The van der Waals surface area contributed by atoms with Crippen LogP contribution in [0.1, 0.15) is 18.9 Å². The van der Waals surface area contributed by atoms with E-state index < -0.39 is 18.4 Å². The van der Waals surface area contributed by atoms with E-state index in [0.717, 1.165) is 34.4 Å². The molecule has 1 aliphatic heterocycles. The minimum absolute atomic E-state index is 0.221. The second-order valence-corrected chi connectivity index (χ2v) is 6.24. The maximum Gasteiger partial charge on any atom is 0.266 e. The van der Waals surface area contributed by atoms with E-state index in [2.05, 4.69) is 0 Å². The zero-order chi connectivity index (χ0) is 16.1. The highest BCUT2D eigenvalue weighted by Crippen LogP contribution is 2.32. The van der Waals surface area contributed by atoms with Gasteiger partial charge in [0.1, 0.15) is 10.1 Å². The Kier molecular flexibility index (Phi) is 5.57. The number of nitrogens with zero attached hydrogens (tertiary/aromatic N) is 1. The van der Waals surface area contributed by atoms with Crippen molar-refractivity contribution in [2.75, 3.05) is 13.2 Å². The van der Waals surface area contributed by atoms with E-state index >= 15 is 0 Å². The highest BCUT2D eigenvalue weighted by molar-refractivity contribution is 8.26. The Morgan fingerprint density at radius 2 is 2.27 bits per heavy atom. The van der Waals surface area contributed by atoms with E-state index in [0.29, 0.717) is 11.5 Å². The monoisotopic (exact) mass is 336 g/mol. The van der Waals surface area contributed by atoms with Gasteiger partial charge in [0.25, 0.3) is 5.91 Å². The number of carboxylic acid groups (broad SMARTS) is 1. The Hall–Kier alpha value is -1.86. The second kappa shape index (κ2) is 7.42. The summed E-state index contributed by atoms with van der Waals surface area (Å²) in [6, 6.07) is 7.33. The number of hydrogen-bond acceptors (Lipinski definition) is 6. The van der Waals surface area contributed by atoms with E-state index in [-0.39, 0.29) is 4.32 Å². The first-order valence-electron chi connectivity index (χ1n) is 6.69. The summed E-state index contributed by atoms with van der Waals surface area (Å²) in [5.41, 5.74) is 0.794. The van der Waals surface area contributed by atoms with Gasteiger partial charge in [-0.2, -0.15) is 0 Å². The normalized spacial score (nSPS) is 16.4. The van der Waals surface area contributed by atoms with Crippen molar-refractivity contribution in [1.82, 2.24) is 4.90 Å². The maximum atomic E-state index is 12.1. The number of rotatable bonds is 6. The average Bonchev–Trinajstić information content (AvgIpc) is 2.73. The molecule has 0 unspecified atom stereocenters. The van der Waals surface area contributed by atoms with Crippen LogP contribution in [0.25, 0.3) is 6.08 Å². The smallest absolute Gasteiger partial charge is 0.266 e. The van der Waals surface area contributed by atoms with Crippen molar-refractivity contribution in [2.24, 2.45) is 0 Å². The number of carbonyl (C=O) groups is 2. The predicted octanol–water partition coefficient (Wildman–Crippen LogP) is 1.43. The van der Waals surface area contributed by atoms with Crippen molar-refractivity contribution < 1.29 is 19.4 Å². The summed E-state index contributed by atoms with van der Waals surface area (Å²) in [5, 5.41) is 10.6. The lowest BCUT2D eigenvalue weighted by Gasteiger charge is -2.14. The van der Waals surface area contributed by atoms with Crippen LogP contribution >= 0.6 is 24.0 Å². The summed E-state index contributed by atoms with van der Waals surface area (Å²) in [7, 11) is 0. The number of carbonyl (C=O) groups excluding carboxylic acids is 2. The molecule has 0 radical (unpaired) electrons. The number of aliphatic carboxylic acids is 1. The van der Waals surface area contributed by atoms with Crippen molar-refractivity contribution in [3.8, 4) is 5.75 Å². The Bertz CT molecular complexity index is 642. The van der Waals surface area contributed by atoms with Crippen molar-refractivity contribution in [3.63, 3.8) is 0 Å². The average molecular weight is 336 g/mol. The van der Waals surface area contributed by atoms with Gasteiger partial charge in [-0.1, -0.05) is 43.0 Å². The molecule has 0 spiro atoms. The number of thiocarbonyl (C=S) groups is 1. The molecular weight excluding hydrogens is 322 g/mol. The second-order valence-electron chi connectivity index (χ2n) is 4.56. The molecular formula is C15H14NO4S2-. The standard InChI is InChI=1S/C15H15NO4S2/c1-2-6-20-11-5-3-4-10(7-11)8-12-14(19)16(9-13(17)18)15(21)22-12/h3-5,7-8H,2,6,9H2,1H3,(H,17,18)/p-1/b12-8+. The van der Waals surface area contributed by atoms with Crippen LogP contribution < -0.4 is 9.84 Å². The van der Waals surface area contributed by atoms with Gasteiger partial charge in [-0.15, -0.1) is 0 Å². The molecule has 22 heavy (non-hydrogen) atoms. The van der Waals surface area contributed by atoms with Crippen molar-refractivity contribution in [2.45, 2.75) is 13.3 Å². The third-order valence-electron chi connectivity index (χ3n) is 2.79. The summed E-state index contributed by atoms with van der Waals surface area (Å²) in [5.74, 6) is -1.03. The SMILES string of the molecule is CCCOc1cccc(/C=C2/SC(=S)N(CC(=O)[O-])C2=O)c1. The van der Waals surface area contributed by atoms with Crippen molar-refractivity contribution in [1.29, 1.82) is 0 Å². The van der Waals surface area contributed by atoms with Gasteiger partial charge < -0.3 is 14.6 Å². The Labute approximate surface area is 137 Å². The number of amides is 1. The minimum atomic E-state index is -1.34. The van der Waals surface area contributed by atoms with Gasteiger partial charge in [-0.05, 0) is 30.2 Å². The molecule has 0 bridgehead atoms. The van der Waals surface area contributed by atoms with Gasteiger partial charge in [0, 0.05) is 0 Å². The maximum absolute atomic E-state index is 12.1. The fourth-order valence-corrected chi connectivity index (χ4v) is 3.09. The van der Waals surface area contributed by atoms with Crippen LogP contribution in [0.3, 0.4) is 0 Å². The van der Waals surface area contributed by atoms with Crippen LogP contribution in [-0.4, -0.2) is 34.2 Å². The highest BCUT2D eigenvalue weighted by Gasteiger charge is 2.31. The number of hydrogen-bond donors (Lipinski definition) is 0. The molecule has 0 saturated carbocycles. The first-order valence-corrected chi connectivity index (χ1v) is 7.92. The van der Waals surface area contributed by atoms with E-state index in [1.54, 1.807) is 6.08 Å². The van der Waals surface area contributed by atoms with E-state index in [1.807, 2.05) is 31.2 Å². The molecule has 1 amide bonds. The third-order valence-corrected chi connectivity index (χ3v) is 4.17. The molecule has 1 aromatic carbocycles. The molecule has 116 valence electrons. The van der Waals surface area contributed by atoms with Crippen LogP contribution in [0.15, 0.2) is 29.2 Å². The van der Waals surface area contributed by atoms with E-state index in [1.165, 1.54) is 0 Å². The van der Waals surface area contributed by atoms with Crippen LogP contribution in [-0.2, 0) is 9.59 Å². The topological polar surface area (TPSA) is 69.7 Å². The van der Waals surface area contributed by atoms with Crippen LogP contribution in [0.5, 0.6) is 5.75 Å². The molecule has 1 heterocycles. The number of thioether (sulfide) groups is 1. The van der Waals surface area contributed by atoms with Crippen LogP contribution in [0.4, 0.5) is 0 Å². The first kappa shape index (κ1) is 16.5. The number of benzene rings is 1. The van der Waals surface area contributed by atoms with Crippen LogP contribution in [0, 0.1) is 0 Å². The zero-order valence-electron chi connectivity index (χ0n) is 11.9. The van der Waals surface area contributed by atoms with Gasteiger partial charge >= 0.3 is 0 Å². The Morgan fingerprint density at radius 3 is 2.95 bits per heavy atom. The van der Waals surface area contributed by atoms with Crippen LogP contribution in [0.2, 0.25) is 0 Å². The first-order chi connectivity index (χ1) is 10.5. The van der Waals surface area contributed by atoms with Crippen molar-refractivity contribution >= 4 is 46.3 Å². The highest BCUT2D eigenvalue weighted by atomic mass is 32.2. The fraction of sp³-hybridized carbons (Fsp3) is 0.267. The third kappa shape index (κ3) is 4.08. The lowest BCUT2D eigenvalue weighted by molar-refractivity contribution is -0.305. The quantitative estimate of drug-likeness (QED) is 0.578. The molecule has 5 nitrogen and oxygen atoms in total. The molecule has 7 heteroatoms. The lowest BCUT2D eigenvalue weighted by Crippen LogP contribution is -2.40. The van der Waals surface area contributed by atoms with Gasteiger partial charge in [0.05, 0.1) is 24.0 Å². The zero-order valence-corrected chi connectivity index (χ0v) is 13.5. The Balaban J connectivity index is 2.17. The molecule has 0 atom stereocenters. The van der Waals surface area contributed by atoms with E-state index in [4.69, 9.17) is 17.0 Å². The summed E-state index contributed by atoms with van der Waals surface area (Å²) in [6.45, 7) is 2.12. The lowest BCUT2D eigenvalue weighted by atomic mass is 10.2. The Morgan fingerprint density at radius 1 is 1.50 bits per heavy atom. The fourth-order valence-electron chi connectivity index (χ4n) is 1.83. The van der Waals surface area contributed by atoms with Gasteiger partial charge in [0.15, 0.2) is 0 Å². The van der Waals surface area contributed by atoms with E-state index in [9.17, 15) is 14.7 Å². The molecule has 1 aliphatic rings. The minimum Gasteiger partial charge on any atom is -0.548 e. The summed E-state index contributed by atoms with van der Waals surface area (Å²) in [6.07, 6.45) is 2.58. The molecule has 0 aliphatic carbocycles. The summed E-state index contributed by atoms with van der Waals surface area (Å²) >= 11 is 6.10. The molecule has 1 aromatic rings.